The summed E-state index contributed by atoms with van der Waals surface area (Å²) in [4.78, 5) is 2.52. The number of hydrogen-bond acceptors (Lipinski definition) is 3. The third-order valence-electron chi connectivity index (χ3n) is 4.25. The van der Waals surface area contributed by atoms with Gasteiger partial charge in [0, 0.05) is 37.5 Å². The predicted molar refractivity (Wildman–Crippen MR) is 67.5 cm³/mol. The van der Waals surface area contributed by atoms with Crippen molar-refractivity contribution in [3.8, 4) is 0 Å². The maximum atomic E-state index is 5.96. The van der Waals surface area contributed by atoms with Crippen LogP contribution in [0.4, 0.5) is 0 Å². The van der Waals surface area contributed by atoms with E-state index in [1.165, 1.54) is 5.56 Å². The molecule has 2 aliphatic rings. The third kappa shape index (κ3) is 1.99. The zero-order valence-corrected chi connectivity index (χ0v) is 10.1. The van der Waals surface area contributed by atoms with Crippen molar-refractivity contribution in [1.29, 1.82) is 0 Å². The van der Waals surface area contributed by atoms with E-state index in [-0.39, 0.29) is 5.41 Å². The lowest BCUT2D eigenvalue weighted by atomic mass is 9.81. The van der Waals surface area contributed by atoms with Gasteiger partial charge in [0.2, 0.25) is 0 Å². The fourth-order valence-electron chi connectivity index (χ4n) is 3.19. The molecule has 0 aliphatic carbocycles. The maximum Gasteiger partial charge on any atom is 0.0551 e. The van der Waals surface area contributed by atoms with Crippen molar-refractivity contribution < 1.29 is 4.74 Å². The summed E-state index contributed by atoms with van der Waals surface area (Å²) in [6.07, 6.45) is 0. The fraction of sp³-hybridized carbons (Fsp3) is 0.571. The Labute approximate surface area is 103 Å². The molecule has 2 fully saturated rings. The van der Waals surface area contributed by atoms with Crippen LogP contribution in [-0.2, 0) is 11.3 Å². The molecule has 92 valence electrons. The van der Waals surface area contributed by atoms with Crippen LogP contribution in [0.25, 0.3) is 0 Å². The first kappa shape index (κ1) is 11.2. The van der Waals surface area contributed by atoms with E-state index in [1.807, 2.05) is 0 Å². The first-order valence-electron chi connectivity index (χ1n) is 6.36. The van der Waals surface area contributed by atoms with E-state index in [9.17, 15) is 0 Å². The van der Waals surface area contributed by atoms with E-state index in [0.717, 1.165) is 39.4 Å². The number of nitrogens with zero attached hydrogens (tertiary/aromatic N) is 1. The molecule has 0 radical (unpaired) electrons. The van der Waals surface area contributed by atoms with E-state index in [2.05, 4.69) is 35.2 Å². The first-order chi connectivity index (χ1) is 8.32. The number of benzene rings is 1. The Balaban J connectivity index is 1.68. The Hall–Kier alpha value is -0.900. The van der Waals surface area contributed by atoms with Gasteiger partial charge in [-0.1, -0.05) is 30.3 Å². The normalized spacial score (nSPS) is 32.9. The number of ether oxygens (including phenoxy) is 1. The molecule has 2 saturated heterocycles. The predicted octanol–water partition coefficient (Wildman–Crippen LogP) is 1.09. The minimum Gasteiger partial charge on any atom is -0.380 e. The first-order valence-corrected chi connectivity index (χ1v) is 6.36. The summed E-state index contributed by atoms with van der Waals surface area (Å²) in [5.41, 5.74) is 7.58. The second-order valence-corrected chi connectivity index (χ2v) is 5.43. The summed E-state index contributed by atoms with van der Waals surface area (Å²) in [6.45, 7) is 5.75. The highest BCUT2D eigenvalue weighted by atomic mass is 16.5. The summed E-state index contributed by atoms with van der Waals surface area (Å²) in [5.74, 6) is 0.635. The zero-order chi connectivity index (χ0) is 11.7. The molecule has 2 N–H and O–H groups in total. The highest BCUT2D eigenvalue weighted by Gasteiger charge is 2.49. The molecule has 3 nitrogen and oxygen atoms in total. The maximum absolute atomic E-state index is 5.96. The Morgan fingerprint density at radius 2 is 2.18 bits per heavy atom. The van der Waals surface area contributed by atoms with Gasteiger partial charge in [0.05, 0.1) is 13.2 Å². The molecule has 0 amide bonds. The average molecular weight is 232 g/mol. The molecule has 1 aromatic carbocycles. The lowest BCUT2D eigenvalue weighted by Gasteiger charge is -2.25. The minimum absolute atomic E-state index is 0.231. The summed E-state index contributed by atoms with van der Waals surface area (Å²) in [7, 11) is 0. The number of likely N-dealkylation sites (tertiary alicyclic amines) is 1. The molecule has 0 bridgehead atoms. The van der Waals surface area contributed by atoms with E-state index >= 15 is 0 Å². The fourth-order valence-corrected chi connectivity index (χ4v) is 3.19. The van der Waals surface area contributed by atoms with Gasteiger partial charge in [0.15, 0.2) is 0 Å². The topological polar surface area (TPSA) is 38.5 Å². The number of hydrogen-bond donors (Lipinski definition) is 1. The van der Waals surface area contributed by atoms with Crippen LogP contribution in [0.3, 0.4) is 0 Å². The molecule has 0 aromatic heterocycles. The number of rotatable bonds is 3. The summed E-state index contributed by atoms with van der Waals surface area (Å²) < 4.78 is 5.60. The summed E-state index contributed by atoms with van der Waals surface area (Å²) >= 11 is 0. The molecule has 2 unspecified atom stereocenters. The van der Waals surface area contributed by atoms with Crippen molar-refractivity contribution in [3.63, 3.8) is 0 Å². The van der Waals surface area contributed by atoms with Gasteiger partial charge in [-0.3, -0.25) is 4.90 Å². The highest BCUT2D eigenvalue weighted by molar-refractivity contribution is 5.15. The van der Waals surface area contributed by atoms with Gasteiger partial charge >= 0.3 is 0 Å². The molecule has 1 aromatic rings. The Kier molecular flexibility index (Phi) is 2.90. The summed E-state index contributed by atoms with van der Waals surface area (Å²) in [5, 5.41) is 0. The quantitative estimate of drug-likeness (QED) is 0.848. The SMILES string of the molecule is NCC12COCC1CN(Cc1ccccc1)C2. The second-order valence-electron chi connectivity index (χ2n) is 5.43. The van der Waals surface area contributed by atoms with Crippen LogP contribution in [-0.4, -0.2) is 37.7 Å². The van der Waals surface area contributed by atoms with E-state index < -0.39 is 0 Å². The van der Waals surface area contributed by atoms with Crippen molar-refractivity contribution >= 4 is 0 Å². The Morgan fingerprint density at radius 3 is 2.88 bits per heavy atom. The van der Waals surface area contributed by atoms with Crippen LogP contribution in [0.5, 0.6) is 0 Å². The molecule has 3 rings (SSSR count). The molecule has 2 atom stereocenters. The van der Waals surface area contributed by atoms with Crippen LogP contribution in [0.1, 0.15) is 5.56 Å². The van der Waals surface area contributed by atoms with Crippen LogP contribution in [0.15, 0.2) is 30.3 Å². The van der Waals surface area contributed by atoms with Gasteiger partial charge in [-0.2, -0.15) is 0 Å². The molecule has 3 heteroatoms. The lowest BCUT2D eigenvalue weighted by Crippen LogP contribution is -2.38. The van der Waals surface area contributed by atoms with Crippen molar-refractivity contribution in [2.24, 2.45) is 17.1 Å². The van der Waals surface area contributed by atoms with Gasteiger partial charge in [-0.25, -0.2) is 0 Å². The van der Waals surface area contributed by atoms with Gasteiger partial charge in [0.25, 0.3) is 0 Å². The Morgan fingerprint density at radius 1 is 1.35 bits per heavy atom. The standard InChI is InChI=1S/C14H20N2O/c15-9-14-10-16(7-13(14)8-17-11-14)6-12-4-2-1-3-5-12/h1-5,13H,6-11,15H2. The molecule has 2 aliphatic heterocycles. The molecular weight excluding hydrogens is 212 g/mol. The molecule has 0 saturated carbocycles. The van der Waals surface area contributed by atoms with Crippen LogP contribution >= 0.6 is 0 Å². The van der Waals surface area contributed by atoms with E-state index in [0.29, 0.717) is 5.92 Å². The van der Waals surface area contributed by atoms with Gasteiger partial charge in [-0.15, -0.1) is 0 Å². The van der Waals surface area contributed by atoms with Gasteiger partial charge < -0.3 is 10.5 Å². The van der Waals surface area contributed by atoms with Gasteiger partial charge in [-0.05, 0) is 5.56 Å². The monoisotopic (exact) mass is 232 g/mol. The van der Waals surface area contributed by atoms with Crippen molar-refractivity contribution in [2.75, 3.05) is 32.8 Å². The summed E-state index contributed by atoms with van der Waals surface area (Å²) in [6, 6.07) is 10.7. The molecule has 17 heavy (non-hydrogen) atoms. The number of fused-ring (bicyclic) bond motifs is 1. The minimum atomic E-state index is 0.231. The van der Waals surface area contributed by atoms with Crippen molar-refractivity contribution in [1.82, 2.24) is 4.90 Å². The highest BCUT2D eigenvalue weighted by Crippen LogP contribution is 2.40. The van der Waals surface area contributed by atoms with Crippen molar-refractivity contribution in [2.45, 2.75) is 6.54 Å². The zero-order valence-electron chi connectivity index (χ0n) is 10.1. The lowest BCUT2D eigenvalue weighted by molar-refractivity contribution is 0.129. The third-order valence-corrected chi connectivity index (χ3v) is 4.25. The van der Waals surface area contributed by atoms with Crippen LogP contribution < -0.4 is 5.73 Å². The second kappa shape index (κ2) is 4.41. The number of nitrogens with two attached hydrogens (primary N) is 1. The van der Waals surface area contributed by atoms with E-state index in [1.54, 1.807) is 0 Å². The largest absolute Gasteiger partial charge is 0.380 e. The Bertz CT molecular complexity index is 381. The van der Waals surface area contributed by atoms with E-state index in [4.69, 9.17) is 10.5 Å². The molecular formula is C14H20N2O. The smallest absolute Gasteiger partial charge is 0.0551 e. The van der Waals surface area contributed by atoms with Crippen molar-refractivity contribution in [3.05, 3.63) is 35.9 Å². The molecule has 2 heterocycles. The van der Waals surface area contributed by atoms with Gasteiger partial charge in [0.1, 0.15) is 0 Å². The molecule has 0 spiro atoms. The van der Waals surface area contributed by atoms with Crippen LogP contribution in [0, 0.1) is 11.3 Å². The average Bonchev–Trinajstić information content (AvgIpc) is 2.87. The van der Waals surface area contributed by atoms with Crippen LogP contribution in [0.2, 0.25) is 0 Å².